The molecular formula is C8H14O4. The van der Waals surface area contributed by atoms with E-state index in [0.29, 0.717) is 6.42 Å². The van der Waals surface area contributed by atoms with Gasteiger partial charge in [0.1, 0.15) is 12.2 Å². The summed E-state index contributed by atoms with van der Waals surface area (Å²) < 4.78 is 4.64. The number of Topliss-reactive ketones (excluding diaryl/α,β-unsaturated/α-hetero) is 1. The van der Waals surface area contributed by atoms with Crippen LogP contribution in [0, 0.1) is 0 Å². The van der Waals surface area contributed by atoms with Gasteiger partial charge in [0.15, 0.2) is 0 Å². The van der Waals surface area contributed by atoms with E-state index in [1.165, 1.54) is 6.92 Å². The van der Waals surface area contributed by atoms with Crippen LogP contribution in [0.1, 0.15) is 26.7 Å². The van der Waals surface area contributed by atoms with Gasteiger partial charge >= 0.3 is 5.97 Å². The predicted octanol–water partition coefficient (Wildman–Crippen LogP) is 0.280. The summed E-state index contributed by atoms with van der Waals surface area (Å²) >= 11 is 0. The zero-order chi connectivity index (χ0) is 9.56. The quantitative estimate of drug-likeness (QED) is 0.480. The standard InChI is InChI=1S/C8H14O4/c1-6(9)3-4-12-8(11)5-7(2)10/h6,9H,3-5H2,1-2H3. The van der Waals surface area contributed by atoms with Crippen molar-refractivity contribution in [3.8, 4) is 0 Å². The summed E-state index contributed by atoms with van der Waals surface area (Å²) in [5, 5.41) is 8.79. The van der Waals surface area contributed by atoms with Crippen molar-refractivity contribution in [3.63, 3.8) is 0 Å². The monoisotopic (exact) mass is 174 g/mol. The SMILES string of the molecule is CC(=O)CC(=O)OCCC(C)O. The van der Waals surface area contributed by atoms with Crippen LogP contribution < -0.4 is 0 Å². The second-order valence-corrected chi connectivity index (χ2v) is 2.74. The molecule has 0 amide bonds. The number of esters is 1. The van der Waals surface area contributed by atoms with Crippen LogP contribution in [0.25, 0.3) is 0 Å². The highest BCUT2D eigenvalue weighted by Gasteiger charge is 2.06. The number of hydrogen-bond acceptors (Lipinski definition) is 4. The number of ketones is 1. The zero-order valence-electron chi connectivity index (χ0n) is 7.37. The fourth-order valence-corrected chi connectivity index (χ4v) is 0.598. The van der Waals surface area contributed by atoms with Gasteiger partial charge in [-0.25, -0.2) is 0 Å². The molecule has 4 nitrogen and oxygen atoms in total. The van der Waals surface area contributed by atoms with Crippen LogP contribution in [0.4, 0.5) is 0 Å². The van der Waals surface area contributed by atoms with Crippen LogP contribution in [0.5, 0.6) is 0 Å². The Kier molecular flexibility index (Phi) is 5.28. The van der Waals surface area contributed by atoms with Gasteiger partial charge in [-0.05, 0) is 13.8 Å². The molecule has 0 aromatic rings. The van der Waals surface area contributed by atoms with Gasteiger partial charge in [0, 0.05) is 6.42 Å². The molecule has 0 aromatic heterocycles. The lowest BCUT2D eigenvalue weighted by Crippen LogP contribution is -2.12. The predicted molar refractivity (Wildman–Crippen MR) is 42.6 cm³/mol. The third-order valence-corrected chi connectivity index (χ3v) is 1.19. The topological polar surface area (TPSA) is 63.6 Å². The molecule has 1 N–H and O–H groups in total. The van der Waals surface area contributed by atoms with E-state index < -0.39 is 12.1 Å². The highest BCUT2D eigenvalue weighted by molar-refractivity contribution is 5.94. The lowest BCUT2D eigenvalue weighted by molar-refractivity contribution is -0.146. The van der Waals surface area contributed by atoms with Crippen LogP contribution in [-0.2, 0) is 14.3 Å². The van der Waals surface area contributed by atoms with Crippen LogP contribution in [0.15, 0.2) is 0 Å². The molecule has 0 fully saturated rings. The van der Waals surface area contributed by atoms with Crippen molar-refractivity contribution in [2.45, 2.75) is 32.8 Å². The molecule has 0 spiro atoms. The summed E-state index contributed by atoms with van der Waals surface area (Å²) in [6, 6.07) is 0. The number of hydrogen-bond donors (Lipinski definition) is 1. The molecule has 0 radical (unpaired) electrons. The Bertz CT molecular complexity index is 162. The lowest BCUT2D eigenvalue weighted by atomic mass is 10.3. The van der Waals surface area contributed by atoms with Gasteiger partial charge in [0.25, 0.3) is 0 Å². The van der Waals surface area contributed by atoms with Gasteiger partial charge in [-0.15, -0.1) is 0 Å². The minimum Gasteiger partial charge on any atom is -0.465 e. The van der Waals surface area contributed by atoms with Crippen molar-refractivity contribution in [1.82, 2.24) is 0 Å². The molecular weight excluding hydrogens is 160 g/mol. The largest absolute Gasteiger partial charge is 0.465 e. The van der Waals surface area contributed by atoms with E-state index in [9.17, 15) is 9.59 Å². The summed E-state index contributed by atoms with van der Waals surface area (Å²) in [5.74, 6) is -0.736. The Hall–Kier alpha value is -0.900. The van der Waals surface area contributed by atoms with E-state index >= 15 is 0 Å². The minimum atomic E-state index is -0.525. The molecule has 0 heterocycles. The Morgan fingerprint density at radius 1 is 1.50 bits per heavy atom. The van der Waals surface area contributed by atoms with Gasteiger partial charge in [0.2, 0.25) is 0 Å². The fourth-order valence-electron chi connectivity index (χ4n) is 0.598. The number of aliphatic hydroxyl groups excluding tert-OH is 1. The molecule has 1 unspecified atom stereocenters. The first-order chi connectivity index (χ1) is 5.52. The van der Waals surface area contributed by atoms with E-state index in [2.05, 4.69) is 4.74 Å². The van der Waals surface area contributed by atoms with Crippen molar-refractivity contribution in [2.75, 3.05) is 6.61 Å². The Morgan fingerprint density at radius 2 is 2.08 bits per heavy atom. The van der Waals surface area contributed by atoms with Crippen molar-refractivity contribution < 1.29 is 19.4 Å². The van der Waals surface area contributed by atoms with Gasteiger partial charge in [-0.3, -0.25) is 9.59 Å². The highest BCUT2D eigenvalue weighted by atomic mass is 16.5. The second-order valence-electron chi connectivity index (χ2n) is 2.74. The fraction of sp³-hybridized carbons (Fsp3) is 0.750. The third kappa shape index (κ3) is 7.21. The van der Waals surface area contributed by atoms with E-state index in [4.69, 9.17) is 5.11 Å². The van der Waals surface area contributed by atoms with Gasteiger partial charge in [-0.1, -0.05) is 0 Å². The smallest absolute Gasteiger partial charge is 0.313 e. The molecule has 1 atom stereocenters. The molecule has 0 aliphatic heterocycles. The van der Waals surface area contributed by atoms with Crippen LogP contribution in [0.2, 0.25) is 0 Å². The Balaban J connectivity index is 3.38. The van der Waals surface area contributed by atoms with Crippen LogP contribution >= 0.6 is 0 Å². The molecule has 0 aliphatic rings. The van der Waals surface area contributed by atoms with Gasteiger partial charge in [-0.2, -0.15) is 0 Å². The van der Waals surface area contributed by atoms with Crippen molar-refractivity contribution in [3.05, 3.63) is 0 Å². The van der Waals surface area contributed by atoms with Crippen LogP contribution in [0.3, 0.4) is 0 Å². The first-order valence-corrected chi connectivity index (χ1v) is 3.85. The van der Waals surface area contributed by atoms with Gasteiger partial charge < -0.3 is 9.84 Å². The van der Waals surface area contributed by atoms with Crippen molar-refractivity contribution in [1.29, 1.82) is 0 Å². The summed E-state index contributed by atoms with van der Waals surface area (Å²) in [4.78, 5) is 21.1. The molecule has 0 saturated carbocycles. The van der Waals surface area contributed by atoms with Crippen molar-refractivity contribution >= 4 is 11.8 Å². The summed E-state index contributed by atoms with van der Waals surface area (Å²) in [5.41, 5.74) is 0. The number of ether oxygens (including phenoxy) is 1. The number of carbonyl (C=O) groups excluding carboxylic acids is 2. The molecule has 0 rings (SSSR count). The average molecular weight is 174 g/mol. The minimum absolute atomic E-state index is 0.170. The maximum atomic E-state index is 10.7. The zero-order valence-corrected chi connectivity index (χ0v) is 7.37. The Labute approximate surface area is 71.5 Å². The average Bonchev–Trinajstić information content (AvgIpc) is 1.84. The summed E-state index contributed by atoms with van der Waals surface area (Å²) in [6.45, 7) is 3.11. The molecule has 4 heteroatoms. The molecule has 0 bridgehead atoms. The number of rotatable bonds is 5. The lowest BCUT2D eigenvalue weighted by Gasteiger charge is -2.04. The van der Waals surface area contributed by atoms with E-state index in [-0.39, 0.29) is 18.8 Å². The van der Waals surface area contributed by atoms with Gasteiger partial charge in [0.05, 0.1) is 12.7 Å². The maximum Gasteiger partial charge on any atom is 0.313 e. The van der Waals surface area contributed by atoms with Crippen LogP contribution in [-0.4, -0.2) is 29.6 Å². The second kappa shape index (κ2) is 5.71. The molecule has 0 saturated heterocycles. The summed E-state index contributed by atoms with van der Waals surface area (Å²) in [7, 11) is 0. The first-order valence-electron chi connectivity index (χ1n) is 3.85. The molecule has 12 heavy (non-hydrogen) atoms. The van der Waals surface area contributed by atoms with Crippen molar-refractivity contribution in [2.24, 2.45) is 0 Å². The number of carbonyl (C=O) groups is 2. The van der Waals surface area contributed by atoms with E-state index in [1.807, 2.05) is 0 Å². The third-order valence-electron chi connectivity index (χ3n) is 1.19. The summed E-state index contributed by atoms with van der Waals surface area (Å²) in [6.07, 6.45) is -0.251. The highest BCUT2D eigenvalue weighted by Crippen LogP contribution is 1.93. The molecule has 0 aliphatic carbocycles. The Morgan fingerprint density at radius 3 is 2.50 bits per heavy atom. The molecule has 0 aromatic carbocycles. The van der Waals surface area contributed by atoms with E-state index in [0.717, 1.165) is 0 Å². The normalized spacial score (nSPS) is 12.2. The van der Waals surface area contributed by atoms with E-state index in [1.54, 1.807) is 6.92 Å². The number of aliphatic hydroxyl groups is 1. The maximum absolute atomic E-state index is 10.7. The first kappa shape index (κ1) is 11.1. The molecule has 70 valence electrons.